The summed E-state index contributed by atoms with van der Waals surface area (Å²) in [6.07, 6.45) is 1.88. The number of aromatic nitrogens is 2. The van der Waals surface area contributed by atoms with Crippen LogP contribution in [-0.4, -0.2) is 9.97 Å². The molecule has 36 heavy (non-hydrogen) atoms. The standard InChI is InChI=1S/C34H22N2/c1-2-12-25(13-3-1)34-22-35-32-20-30(28-18-8-14-23-10-4-6-16-26(23)28)31(21-33(32)36-34)29-19-9-15-24-11-5-7-17-27(24)29/h1-22H. The van der Waals surface area contributed by atoms with E-state index in [1.165, 1.54) is 32.7 Å². The van der Waals surface area contributed by atoms with Gasteiger partial charge in [-0.15, -0.1) is 0 Å². The van der Waals surface area contributed by atoms with Gasteiger partial charge in [0.2, 0.25) is 0 Å². The summed E-state index contributed by atoms with van der Waals surface area (Å²) in [7, 11) is 0. The monoisotopic (exact) mass is 458 g/mol. The molecule has 0 amide bonds. The fourth-order valence-corrected chi connectivity index (χ4v) is 5.17. The van der Waals surface area contributed by atoms with E-state index in [1.54, 1.807) is 0 Å². The Labute approximate surface area is 209 Å². The molecule has 1 heterocycles. The zero-order chi connectivity index (χ0) is 23.9. The molecule has 0 saturated heterocycles. The first-order chi connectivity index (χ1) is 17.8. The van der Waals surface area contributed by atoms with Gasteiger partial charge < -0.3 is 0 Å². The van der Waals surface area contributed by atoms with Crippen LogP contribution in [-0.2, 0) is 0 Å². The molecule has 0 aliphatic rings. The van der Waals surface area contributed by atoms with Gasteiger partial charge in [0.15, 0.2) is 0 Å². The highest BCUT2D eigenvalue weighted by molar-refractivity contribution is 6.07. The van der Waals surface area contributed by atoms with E-state index in [0.29, 0.717) is 0 Å². The molecule has 0 unspecified atom stereocenters. The molecule has 168 valence electrons. The second-order valence-electron chi connectivity index (χ2n) is 9.06. The molecule has 2 nitrogen and oxygen atoms in total. The zero-order valence-electron chi connectivity index (χ0n) is 19.6. The van der Waals surface area contributed by atoms with Crippen LogP contribution in [0.15, 0.2) is 134 Å². The summed E-state index contributed by atoms with van der Waals surface area (Å²) < 4.78 is 0. The Morgan fingerprint density at radius 2 is 0.944 bits per heavy atom. The van der Waals surface area contributed by atoms with E-state index in [1.807, 2.05) is 24.4 Å². The minimum absolute atomic E-state index is 0.880. The predicted octanol–water partition coefficient (Wildman–Crippen LogP) is 8.94. The first-order valence-electron chi connectivity index (χ1n) is 12.2. The lowest BCUT2D eigenvalue weighted by Gasteiger charge is -2.16. The number of hydrogen-bond acceptors (Lipinski definition) is 2. The van der Waals surface area contributed by atoms with Gasteiger partial charge >= 0.3 is 0 Å². The largest absolute Gasteiger partial charge is 0.252 e. The van der Waals surface area contributed by atoms with Gasteiger partial charge in [0.1, 0.15) is 0 Å². The van der Waals surface area contributed by atoms with E-state index in [9.17, 15) is 0 Å². The van der Waals surface area contributed by atoms with E-state index >= 15 is 0 Å². The molecular weight excluding hydrogens is 436 g/mol. The van der Waals surface area contributed by atoms with Crippen molar-refractivity contribution in [1.82, 2.24) is 9.97 Å². The van der Waals surface area contributed by atoms with Crippen LogP contribution in [0.2, 0.25) is 0 Å². The van der Waals surface area contributed by atoms with Crippen LogP contribution in [0.1, 0.15) is 0 Å². The van der Waals surface area contributed by atoms with Crippen LogP contribution in [0.5, 0.6) is 0 Å². The topological polar surface area (TPSA) is 25.8 Å². The fraction of sp³-hybridized carbons (Fsp3) is 0. The molecular formula is C34H22N2. The molecule has 0 N–H and O–H groups in total. The lowest BCUT2D eigenvalue weighted by molar-refractivity contribution is 1.29. The van der Waals surface area contributed by atoms with Gasteiger partial charge in [-0.05, 0) is 55.9 Å². The van der Waals surface area contributed by atoms with Gasteiger partial charge in [-0.2, -0.15) is 0 Å². The van der Waals surface area contributed by atoms with Gasteiger partial charge in [0, 0.05) is 5.56 Å². The van der Waals surface area contributed by atoms with E-state index < -0.39 is 0 Å². The minimum Gasteiger partial charge on any atom is -0.252 e. The molecule has 7 rings (SSSR count). The quantitative estimate of drug-likeness (QED) is 0.264. The van der Waals surface area contributed by atoms with Crippen LogP contribution >= 0.6 is 0 Å². The highest BCUT2D eigenvalue weighted by Gasteiger charge is 2.16. The Morgan fingerprint density at radius 1 is 0.417 bits per heavy atom. The van der Waals surface area contributed by atoms with E-state index in [2.05, 4.69) is 109 Å². The molecule has 1 aromatic heterocycles. The average molecular weight is 459 g/mol. The molecule has 7 aromatic rings. The van der Waals surface area contributed by atoms with E-state index in [4.69, 9.17) is 9.97 Å². The maximum atomic E-state index is 5.05. The smallest absolute Gasteiger partial charge is 0.0900 e. The van der Waals surface area contributed by atoms with Gasteiger partial charge in [-0.25, -0.2) is 4.98 Å². The molecule has 0 bridgehead atoms. The van der Waals surface area contributed by atoms with Crippen molar-refractivity contribution in [2.45, 2.75) is 0 Å². The maximum absolute atomic E-state index is 5.05. The number of fused-ring (bicyclic) bond motifs is 3. The number of nitrogens with zero attached hydrogens (tertiary/aromatic N) is 2. The van der Waals surface area contributed by atoms with Crippen molar-refractivity contribution in [3.05, 3.63) is 134 Å². The number of hydrogen-bond donors (Lipinski definition) is 0. The van der Waals surface area contributed by atoms with Gasteiger partial charge in [0.05, 0.1) is 22.9 Å². The summed E-state index contributed by atoms with van der Waals surface area (Å²) >= 11 is 0. The lowest BCUT2D eigenvalue weighted by atomic mass is 9.89. The second-order valence-corrected chi connectivity index (χ2v) is 9.06. The second kappa shape index (κ2) is 8.44. The van der Waals surface area contributed by atoms with Crippen LogP contribution in [0, 0.1) is 0 Å². The Balaban J connectivity index is 1.56. The predicted molar refractivity (Wildman–Crippen MR) is 151 cm³/mol. The molecule has 0 aliphatic carbocycles. The van der Waals surface area contributed by atoms with Crippen LogP contribution < -0.4 is 0 Å². The summed E-state index contributed by atoms with van der Waals surface area (Å²) in [4.78, 5) is 9.90. The molecule has 0 radical (unpaired) electrons. The molecule has 0 fully saturated rings. The molecule has 2 heteroatoms. The minimum atomic E-state index is 0.880. The third-order valence-corrected chi connectivity index (χ3v) is 6.91. The maximum Gasteiger partial charge on any atom is 0.0900 e. The van der Waals surface area contributed by atoms with Crippen molar-refractivity contribution < 1.29 is 0 Å². The summed E-state index contributed by atoms with van der Waals surface area (Å²) in [5.41, 5.74) is 8.45. The van der Waals surface area contributed by atoms with Crippen molar-refractivity contribution in [1.29, 1.82) is 0 Å². The summed E-state index contributed by atoms with van der Waals surface area (Å²) in [6.45, 7) is 0. The van der Waals surface area contributed by atoms with Gasteiger partial charge in [0.25, 0.3) is 0 Å². The lowest BCUT2D eigenvalue weighted by Crippen LogP contribution is -1.93. The van der Waals surface area contributed by atoms with Gasteiger partial charge in [-0.3, -0.25) is 4.98 Å². The normalized spacial score (nSPS) is 11.3. The van der Waals surface area contributed by atoms with Crippen molar-refractivity contribution in [2.75, 3.05) is 0 Å². The van der Waals surface area contributed by atoms with Crippen molar-refractivity contribution in [3.63, 3.8) is 0 Å². The highest BCUT2D eigenvalue weighted by atomic mass is 14.8. The first-order valence-corrected chi connectivity index (χ1v) is 12.2. The van der Waals surface area contributed by atoms with Crippen LogP contribution in [0.3, 0.4) is 0 Å². The molecule has 6 aromatic carbocycles. The zero-order valence-corrected chi connectivity index (χ0v) is 19.6. The first kappa shape index (κ1) is 20.5. The van der Waals surface area contributed by atoms with Gasteiger partial charge in [-0.1, -0.05) is 115 Å². The average Bonchev–Trinajstić information content (AvgIpc) is 2.96. The van der Waals surface area contributed by atoms with E-state index in [-0.39, 0.29) is 0 Å². The number of rotatable bonds is 3. The van der Waals surface area contributed by atoms with Crippen molar-refractivity contribution in [3.8, 4) is 33.5 Å². The molecule has 0 atom stereocenters. The number of benzene rings is 6. The molecule has 0 aliphatic heterocycles. The van der Waals surface area contributed by atoms with Crippen LogP contribution in [0.4, 0.5) is 0 Å². The highest BCUT2D eigenvalue weighted by Crippen LogP contribution is 2.40. The van der Waals surface area contributed by atoms with E-state index in [0.717, 1.165) is 33.4 Å². The fourth-order valence-electron chi connectivity index (χ4n) is 5.17. The van der Waals surface area contributed by atoms with Crippen molar-refractivity contribution in [2.24, 2.45) is 0 Å². The van der Waals surface area contributed by atoms with Crippen molar-refractivity contribution >= 4 is 32.6 Å². The molecule has 0 spiro atoms. The SMILES string of the molecule is c1ccc(-c2cnc3cc(-c4cccc5ccccc45)c(-c4cccc5ccccc45)cc3n2)cc1. The third kappa shape index (κ3) is 3.43. The summed E-state index contributed by atoms with van der Waals surface area (Å²) in [6, 6.07) is 44.9. The van der Waals surface area contributed by atoms with Crippen LogP contribution in [0.25, 0.3) is 66.1 Å². The Kier molecular flexibility index (Phi) is 4.82. The third-order valence-electron chi connectivity index (χ3n) is 6.91. The Morgan fingerprint density at radius 3 is 1.58 bits per heavy atom. The Bertz CT molecular complexity index is 1880. The Hall–Kier alpha value is -4.82. The molecule has 0 saturated carbocycles. The summed E-state index contributed by atoms with van der Waals surface area (Å²) in [5, 5.41) is 4.91. The summed E-state index contributed by atoms with van der Waals surface area (Å²) in [5.74, 6) is 0.